The first kappa shape index (κ1) is 20.1. The molecule has 0 rings (SSSR count). The fourth-order valence-corrected chi connectivity index (χ4v) is 7.30. The first-order chi connectivity index (χ1) is 5.39. The van der Waals surface area contributed by atoms with E-state index >= 15 is 0 Å². The molecule has 0 aromatic heterocycles. The van der Waals surface area contributed by atoms with Crippen molar-refractivity contribution >= 4 is 8.07 Å². The third-order valence-electron chi connectivity index (χ3n) is 3.08. The van der Waals surface area contributed by atoms with Crippen LogP contribution in [0.5, 0.6) is 0 Å². The zero-order chi connectivity index (χ0) is 9.94. The van der Waals surface area contributed by atoms with Gasteiger partial charge in [0.1, 0.15) is 0 Å². The molecule has 0 aromatic carbocycles. The van der Waals surface area contributed by atoms with Crippen LogP contribution in [-0.4, -0.2) is 8.07 Å². The van der Waals surface area contributed by atoms with Crippen LogP contribution in [0.2, 0.25) is 16.6 Å². The quantitative estimate of drug-likeness (QED) is 0.408. The Balaban J connectivity index is -0.000000605. The van der Waals surface area contributed by atoms with Crippen LogP contribution in [0.4, 0.5) is 0 Å². The van der Waals surface area contributed by atoms with Gasteiger partial charge in [-0.2, -0.15) is 0 Å². The van der Waals surface area contributed by atoms with Gasteiger partial charge >= 0.3 is 19.5 Å². The van der Waals surface area contributed by atoms with Crippen molar-refractivity contribution in [1.29, 1.82) is 0 Å². The van der Waals surface area contributed by atoms with E-state index in [4.69, 9.17) is 6.42 Å². The van der Waals surface area contributed by atoms with Crippen LogP contribution in [0.25, 0.3) is 0 Å². The van der Waals surface area contributed by atoms with Crippen molar-refractivity contribution in [2.24, 2.45) is 0 Å². The predicted molar refractivity (Wildman–Crippen MR) is 58.2 cm³/mol. The molecule has 14 heavy (non-hydrogen) atoms. The fraction of sp³-hybridized carbons (Fsp3) is 0.818. The second-order valence-electron chi connectivity index (χ2n) is 4.52. The van der Waals surface area contributed by atoms with Gasteiger partial charge in [-0.1, -0.05) is 41.5 Å². The molecule has 0 aliphatic rings. The summed E-state index contributed by atoms with van der Waals surface area (Å²) < 4.78 is 0. The number of hydrogen-bond acceptors (Lipinski definition) is 0. The van der Waals surface area contributed by atoms with Gasteiger partial charge in [-0.05, 0) is 16.6 Å². The monoisotopic (exact) mass is 280 g/mol. The van der Waals surface area contributed by atoms with Crippen molar-refractivity contribution in [3.63, 3.8) is 0 Å². The van der Waals surface area contributed by atoms with Crippen LogP contribution in [0.3, 0.4) is 0 Å². The maximum Gasteiger partial charge on any atom is 2.00 e. The fourth-order valence-electron chi connectivity index (χ4n) is 2.43. The largest absolute Gasteiger partial charge is 2.00 e. The molecule has 0 unspecified atom stereocenters. The van der Waals surface area contributed by atoms with Crippen molar-refractivity contribution in [2.45, 2.75) is 58.2 Å². The van der Waals surface area contributed by atoms with Crippen LogP contribution in [0.15, 0.2) is 0 Å². The molecular weight excluding hydrogens is 261 g/mol. The van der Waals surface area contributed by atoms with Gasteiger partial charge < -0.3 is 24.4 Å². The Labute approximate surface area is 110 Å². The molecule has 0 saturated heterocycles. The van der Waals surface area contributed by atoms with E-state index in [-0.39, 0.29) is 31.9 Å². The van der Waals surface area contributed by atoms with Crippen LogP contribution < -0.4 is 12.4 Å². The van der Waals surface area contributed by atoms with Crippen molar-refractivity contribution < 1.29 is 31.9 Å². The van der Waals surface area contributed by atoms with Crippen LogP contribution in [-0.2, 0) is 19.5 Å². The average Bonchev–Trinajstić information content (AvgIpc) is 1.86. The number of halogens is 1. The molecule has 3 heteroatoms. The smallest absolute Gasteiger partial charge is 1.00 e. The second-order valence-corrected chi connectivity index (χ2v) is 10.1. The maximum absolute atomic E-state index is 7.51. The molecule has 0 aromatic rings. The van der Waals surface area contributed by atoms with Crippen molar-refractivity contribution in [3.05, 3.63) is 6.42 Å². The topological polar surface area (TPSA) is 0 Å². The molecule has 0 N–H and O–H groups in total. The average molecular weight is 282 g/mol. The SMILES string of the molecule is [C-]#C[Si](C(C)C)(C(C)C)C(C)C.[Cl-].[Zn+2]. The van der Waals surface area contributed by atoms with Gasteiger partial charge in [0, 0.05) is 0 Å². The van der Waals surface area contributed by atoms with E-state index in [2.05, 4.69) is 47.1 Å². The molecule has 0 radical (unpaired) electrons. The summed E-state index contributed by atoms with van der Waals surface area (Å²) in [5, 5.41) is 0. The zero-order valence-electron chi connectivity index (χ0n) is 10.3. The van der Waals surface area contributed by atoms with E-state index in [0.29, 0.717) is 16.6 Å². The summed E-state index contributed by atoms with van der Waals surface area (Å²) in [5.41, 5.74) is 4.81. The van der Waals surface area contributed by atoms with Crippen molar-refractivity contribution in [1.82, 2.24) is 0 Å². The van der Waals surface area contributed by atoms with Gasteiger partial charge in [0.25, 0.3) is 0 Å². The van der Waals surface area contributed by atoms with E-state index in [1.165, 1.54) is 0 Å². The van der Waals surface area contributed by atoms with Gasteiger partial charge in [0.05, 0.1) is 8.07 Å². The molecule has 0 aliphatic carbocycles. The summed E-state index contributed by atoms with van der Waals surface area (Å²) in [7, 11) is -1.58. The molecule has 0 spiro atoms. The molecule has 0 heterocycles. The Bertz CT molecular complexity index is 160. The predicted octanol–water partition coefficient (Wildman–Crippen LogP) is 0.796. The van der Waals surface area contributed by atoms with Gasteiger partial charge in [-0.25, -0.2) is 0 Å². The minimum atomic E-state index is -1.58. The third kappa shape index (κ3) is 3.69. The number of hydrogen-bond donors (Lipinski definition) is 0. The van der Waals surface area contributed by atoms with Gasteiger partial charge in [-0.15, -0.1) is 0 Å². The molecule has 0 nitrogen and oxygen atoms in total. The summed E-state index contributed by atoms with van der Waals surface area (Å²) in [6.45, 7) is 13.5. The molecule has 0 amide bonds. The molecule has 78 valence electrons. The Morgan fingerprint density at radius 1 is 0.857 bits per heavy atom. The molecular formula is C11H21ClSiZn. The molecule has 0 atom stereocenters. The van der Waals surface area contributed by atoms with Crippen LogP contribution >= 0.6 is 0 Å². The van der Waals surface area contributed by atoms with E-state index in [0.717, 1.165) is 0 Å². The Morgan fingerprint density at radius 3 is 1.07 bits per heavy atom. The Morgan fingerprint density at radius 2 is 1.07 bits per heavy atom. The summed E-state index contributed by atoms with van der Waals surface area (Å²) in [4.78, 5) is 0. The number of rotatable bonds is 3. The van der Waals surface area contributed by atoms with E-state index in [1.807, 2.05) is 0 Å². The molecule has 0 bridgehead atoms. The summed E-state index contributed by atoms with van der Waals surface area (Å²) in [5.74, 6) is 0. The summed E-state index contributed by atoms with van der Waals surface area (Å²) >= 11 is 0. The van der Waals surface area contributed by atoms with E-state index < -0.39 is 8.07 Å². The van der Waals surface area contributed by atoms with Gasteiger partial charge in [0.2, 0.25) is 0 Å². The minimum absolute atomic E-state index is 0. The van der Waals surface area contributed by atoms with E-state index in [9.17, 15) is 0 Å². The Kier molecular flexibility index (Phi) is 11.4. The van der Waals surface area contributed by atoms with Gasteiger partial charge in [0.15, 0.2) is 0 Å². The second kappa shape index (κ2) is 7.91. The van der Waals surface area contributed by atoms with Gasteiger partial charge in [-0.3, -0.25) is 0 Å². The third-order valence-corrected chi connectivity index (χ3v) is 9.25. The molecule has 0 fully saturated rings. The summed E-state index contributed by atoms with van der Waals surface area (Å²) in [6.07, 6.45) is 7.51. The van der Waals surface area contributed by atoms with Crippen LogP contribution in [0, 0.1) is 12.0 Å². The minimum Gasteiger partial charge on any atom is -1.00 e. The normalized spacial score (nSPS) is 10.9. The first-order valence-electron chi connectivity index (χ1n) is 4.83. The maximum atomic E-state index is 7.51. The van der Waals surface area contributed by atoms with E-state index in [1.54, 1.807) is 0 Å². The standard InChI is InChI=1S/C11H21Si.ClH.Zn/c1-8-12(9(2)3,10(4)5)11(6)7;;/h9-11H,2-7H3;1H;/q-1;;+2/p-1. The van der Waals surface area contributed by atoms with Crippen molar-refractivity contribution in [3.8, 4) is 5.54 Å². The Hall–Kier alpha value is 0.690. The molecule has 0 saturated carbocycles. The summed E-state index contributed by atoms with van der Waals surface area (Å²) in [6, 6.07) is 0. The van der Waals surface area contributed by atoms with Crippen LogP contribution in [0.1, 0.15) is 41.5 Å². The molecule has 0 aliphatic heterocycles. The zero-order valence-corrected chi connectivity index (χ0v) is 15.0. The first-order valence-corrected chi connectivity index (χ1v) is 7.06. The van der Waals surface area contributed by atoms with Crippen molar-refractivity contribution in [2.75, 3.05) is 0 Å².